The van der Waals surface area contributed by atoms with Gasteiger partial charge >= 0.3 is 11.9 Å². The number of hydrogen-bond donors (Lipinski definition) is 0. The molecule has 3 aromatic rings. The van der Waals surface area contributed by atoms with Crippen molar-refractivity contribution in [2.75, 3.05) is 23.7 Å². The molecule has 7 nitrogen and oxygen atoms in total. The van der Waals surface area contributed by atoms with Crippen molar-refractivity contribution in [2.24, 2.45) is 0 Å². The Bertz CT molecular complexity index is 1670. The van der Waals surface area contributed by atoms with E-state index in [-0.39, 0.29) is 73.2 Å². The van der Waals surface area contributed by atoms with Gasteiger partial charge in [-0.2, -0.15) is 18.2 Å². The highest BCUT2D eigenvalue weighted by atomic mass is 32.2. The lowest BCUT2D eigenvalue weighted by atomic mass is 9.80. The lowest BCUT2D eigenvalue weighted by molar-refractivity contribution is -0.138. The smallest absolute Gasteiger partial charge is 0.352 e. The van der Waals surface area contributed by atoms with Gasteiger partial charge in [0.1, 0.15) is 5.82 Å². The summed E-state index contributed by atoms with van der Waals surface area (Å²) in [5, 5.41) is 0.180. The molecule has 1 saturated heterocycles. The molecule has 0 bridgehead atoms. The van der Waals surface area contributed by atoms with Gasteiger partial charge in [-0.15, -0.1) is 11.8 Å². The summed E-state index contributed by atoms with van der Waals surface area (Å²) in [6, 6.07) is 5.81. The molecule has 2 aromatic heterocycles. The fourth-order valence-electron chi connectivity index (χ4n) is 7.22. The van der Waals surface area contributed by atoms with E-state index in [0.717, 1.165) is 6.07 Å². The minimum Gasteiger partial charge on any atom is -0.352 e. The SMILES string of the molecule is C=CC(=O)N1[C@H](C)CN(c2nc(=O)n3c4c(c(C5CCC(F)(F)CC5)c(C(F)(F)F)cc24)SC[C@H](c2ccccn2)C3)C[C@@H]1C. The summed E-state index contributed by atoms with van der Waals surface area (Å²) in [5.41, 5.74) is -0.446. The maximum absolute atomic E-state index is 15.0. The first-order valence-electron chi connectivity index (χ1n) is 15.1. The van der Waals surface area contributed by atoms with E-state index in [2.05, 4.69) is 16.5 Å². The van der Waals surface area contributed by atoms with Crippen LogP contribution in [0.5, 0.6) is 0 Å². The lowest BCUT2D eigenvalue weighted by Crippen LogP contribution is -2.58. The molecule has 2 fully saturated rings. The number of piperazine rings is 1. The van der Waals surface area contributed by atoms with Crippen LogP contribution < -0.4 is 10.6 Å². The van der Waals surface area contributed by atoms with E-state index in [1.807, 2.05) is 26.0 Å². The van der Waals surface area contributed by atoms with Gasteiger partial charge < -0.3 is 9.80 Å². The van der Waals surface area contributed by atoms with Gasteiger partial charge in [-0.1, -0.05) is 12.6 Å². The van der Waals surface area contributed by atoms with Gasteiger partial charge in [0.05, 0.1) is 11.1 Å². The van der Waals surface area contributed by atoms with Crippen molar-refractivity contribution in [3.63, 3.8) is 0 Å². The highest BCUT2D eigenvalue weighted by molar-refractivity contribution is 7.99. The number of nitrogens with zero attached hydrogens (tertiary/aromatic N) is 5. The minimum atomic E-state index is -4.78. The number of carbonyl (C=O) groups is 1. The third-order valence-corrected chi connectivity index (χ3v) is 10.5. The van der Waals surface area contributed by atoms with Crippen molar-refractivity contribution in [3.05, 3.63) is 70.4 Å². The molecular formula is C32H34F5N5O2S. The van der Waals surface area contributed by atoms with Crippen LogP contribution in [0.3, 0.4) is 0 Å². The van der Waals surface area contributed by atoms with Crippen LogP contribution in [0.2, 0.25) is 0 Å². The summed E-state index contributed by atoms with van der Waals surface area (Å²) in [6.07, 6.45) is -3.08. The Labute approximate surface area is 261 Å². The van der Waals surface area contributed by atoms with Crippen molar-refractivity contribution in [3.8, 4) is 0 Å². The average molecular weight is 648 g/mol. The van der Waals surface area contributed by atoms with Gasteiger partial charge in [0.2, 0.25) is 11.8 Å². The quantitative estimate of drug-likeness (QED) is 0.235. The zero-order chi connectivity index (χ0) is 32.3. The predicted octanol–water partition coefficient (Wildman–Crippen LogP) is 6.60. The maximum Gasteiger partial charge on any atom is 0.416 e. The van der Waals surface area contributed by atoms with E-state index in [1.165, 1.54) is 22.4 Å². The molecule has 0 radical (unpaired) electrons. The Morgan fingerprint density at radius 1 is 1.09 bits per heavy atom. The number of thioether (sulfide) groups is 1. The highest BCUT2D eigenvalue weighted by Crippen LogP contribution is 2.52. The van der Waals surface area contributed by atoms with E-state index in [1.54, 1.807) is 22.1 Å². The molecule has 2 aliphatic heterocycles. The van der Waals surface area contributed by atoms with Crippen LogP contribution in [-0.4, -0.2) is 62.2 Å². The van der Waals surface area contributed by atoms with Crippen LogP contribution in [0, 0.1) is 0 Å². The number of halogens is 5. The summed E-state index contributed by atoms with van der Waals surface area (Å²) in [7, 11) is 0. The number of amides is 1. The second kappa shape index (κ2) is 11.7. The van der Waals surface area contributed by atoms with E-state index in [0.29, 0.717) is 21.9 Å². The molecule has 1 saturated carbocycles. The van der Waals surface area contributed by atoms with Crippen molar-refractivity contribution in [2.45, 2.75) is 87.0 Å². The Balaban J connectivity index is 1.58. The summed E-state index contributed by atoms with van der Waals surface area (Å²) >= 11 is 1.23. The Morgan fingerprint density at radius 3 is 2.38 bits per heavy atom. The van der Waals surface area contributed by atoms with Crippen LogP contribution in [0.25, 0.3) is 10.9 Å². The molecule has 240 valence electrons. The van der Waals surface area contributed by atoms with Crippen LogP contribution in [0.15, 0.2) is 52.8 Å². The third kappa shape index (κ3) is 5.83. The van der Waals surface area contributed by atoms with Crippen LogP contribution in [-0.2, 0) is 17.5 Å². The molecule has 0 spiro atoms. The van der Waals surface area contributed by atoms with E-state index >= 15 is 0 Å². The number of hydrogen-bond acceptors (Lipinski definition) is 6. The Morgan fingerprint density at radius 2 is 1.78 bits per heavy atom. The summed E-state index contributed by atoms with van der Waals surface area (Å²) in [5.74, 6) is -3.75. The van der Waals surface area contributed by atoms with E-state index in [9.17, 15) is 31.5 Å². The maximum atomic E-state index is 15.0. The molecule has 0 N–H and O–H groups in total. The fraction of sp³-hybridized carbons (Fsp3) is 0.500. The van der Waals surface area contributed by atoms with Gasteiger partial charge in [-0.05, 0) is 62.4 Å². The predicted molar refractivity (Wildman–Crippen MR) is 163 cm³/mol. The molecule has 1 amide bonds. The number of anilines is 1. The van der Waals surface area contributed by atoms with Crippen LogP contribution >= 0.6 is 11.8 Å². The number of pyridine rings is 1. The number of benzene rings is 1. The second-order valence-corrected chi connectivity index (χ2v) is 13.4. The third-order valence-electron chi connectivity index (χ3n) is 9.25. The van der Waals surface area contributed by atoms with Crippen LogP contribution in [0.4, 0.5) is 27.8 Å². The number of aromatic nitrogens is 3. The highest BCUT2D eigenvalue weighted by Gasteiger charge is 2.44. The molecule has 3 aliphatic rings. The van der Waals surface area contributed by atoms with Crippen molar-refractivity contribution < 1.29 is 26.7 Å². The Hall–Kier alpha value is -3.48. The van der Waals surface area contributed by atoms with Crippen molar-refractivity contribution >= 4 is 34.4 Å². The largest absolute Gasteiger partial charge is 0.416 e. The number of alkyl halides is 5. The van der Waals surface area contributed by atoms with E-state index < -0.39 is 42.1 Å². The van der Waals surface area contributed by atoms with Crippen molar-refractivity contribution in [1.82, 2.24) is 19.4 Å². The number of carbonyl (C=O) groups excluding carboxylic acids is 1. The molecule has 45 heavy (non-hydrogen) atoms. The molecule has 0 unspecified atom stereocenters. The zero-order valence-electron chi connectivity index (χ0n) is 25.0. The van der Waals surface area contributed by atoms with Crippen molar-refractivity contribution in [1.29, 1.82) is 0 Å². The first kappa shape index (κ1) is 31.5. The first-order valence-corrected chi connectivity index (χ1v) is 16.1. The fourth-order valence-corrected chi connectivity index (χ4v) is 8.66. The zero-order valence-corrected chi connectivity index (χ0v) is 25.8. The van der Waals surface area contributed by atoms with Gasteiger partial charge in [0.25, 0.3) is 0 Å². The van der Waals surface area contributed by atoms with Gasteiger partial charge in [0, 0.05) is 78.4 Å². The molecule has 13 heteroatoms. The van der Waals surface area contributed by atoms with Gasteiger partial charge in [0.15, 0.2) is 0 Å². The van der Waals surface area contributed by atoms with E-state index in [4.69, 9.17) is 0 Å². The summed E-state index contributed by atoms with van der Waals surface area (Å²) in [4.78, 5) is 39.0. The second-order valence-electron chi connectivity index (χ2n) is 12.3. The summed E-state index contributed by atoms with van der Waals surface area (Å²) in [6.45, 7) is 7.89. The molecule has 4 heterocycles. The topological polar surface area (TPSA) is 71.3 Å². The lowest BCUT2D eigenvalue weighted by Gasteiger charge is -2.44. The molecule has 3 atom stereocenters. The molecular weight excluding hydrogens is 613 g/mol. The van der Waals surface area contributed by atoms with Gasteiger partial charge in [-0.3, -0.25) is 14.3 Å². The normalized spacial score (nSPS) is 24.0. The van der Waals surface area contributed by atoms with Crippen LogP contribution in [0.1, 0.15) is 68.2 Å². The standard InChI is InChI=1S/C32H34F5N5O2S/c1-4-25(43)42-18(2)14-40(15-19(42)3)29-22-13-23(32(35,36)37)26(20-8-10-31(33,34)11-9-20)28-27(22)41(30(44)39-29)16-21(17-45-28)24-7-5-6-12-38-24/h4-7,12-13,18-21H,1,8-11,14-17H2,2-3H3/t18-,19+,21-/m1/s1. The first-order chi connectivity index (χ1) is 21.3. The number of rotatable bonds is 4. The Kier molecular flexibility index (Phi) is 8.20. The molecule has 1 aliphatic carbocycles. The average Bonchev–Trinajstić information content (AvgIpc) is 3.19. The van der Waals surface area contributed by atoms with Gasteiger partial charge in [-0.25, -0.2) is 13.6 Å². The monoisotopic (exact) mass is 647 g/mol. The molecule has 1 aromatic carbocycles. The summed E-state index contributed by atoms with van der Waals surface area (Å²) < 4.78 is 74.8. The molecule has 6 rings (SSSR count). The minimum absolute atomic E-state index is 0.00870.